The molecule has 1 saturated heterocycles. The summed E-state index contributed by atoms with van der Waals surface area (Å²) in [7, 11) is 1.53. The Morgan fingerprint density at radius 3 is 2.63 bits per heavy atom. The lowest BCUT2D eigenvalue weighted by molar-refractivity contribution is -0.122. The molecular formula is C20H22N4O3. The summed E-state index contributed by atoms with van der Waals surface area (Å²) in [4.78, 5) is 31.7. The quantitative estimate of drug-likeness (QED) is 0.853. The molecule has 0 bridgehead atoms. The Labute approximate surface area is 157 Å². The molecule has 2 N–H and O–H groups in total. The molecule has 27 heavy (non-hydrogen) atoms. The van der Waals surface area contributed by atoms with E-state index in [1.165, 1.54) is 7.11 Å². The monoisotopic (exact) mass is 366 g/mol. The highest BCUT2D eigenvalue weighted by molar-refractivity contribution is 6.06. The highest BCUT2D eigenvalue weighted by atomic mass is 16.5. The summed E-state index contributed by atoms with van der Waals surface area (Å²) in [5, 5.41) is 6.40. The van der Waals surface area contributed by atoms with Gasteiger partial charge in [0.15, 0.2) is 0 Å². The summed E-state index contributed by atoms with van der Waals surface area (Å²) in [6.45, 7) is 2.83. The predicted octanol–water partition coefficient (Wildman–Crippen LogP) is 2.44. The van der Waals surface area contributed by atoms with Crippen LogP contribution >= 0.6 is 0 Å². The summed E-state index contributed by atoms with van der Waals surface area (Å²) < 4.78 is 5.29. The van der Waals surface area contributed by atoms with Crippen molar-refractivity contribution in [3.63, 3.8) is 0 Å². The van der Waals surface area contributed by atoms with Crippen LogP contribution in [-0.4, -0.2) is 47.4 Å². The van der Waals surface area contributed by atoms with E-state index in [1.54, 1.807) is 17.2 Å². The van der Waals surface area contributed by atoms with Gasteiger partial charge < -0.3 is 20.3 Å². The number of benzene rings is 1. The van der Waals surface area contributed by atoms with Gasteiger partial charge in [-0.05, 0) is 38.0 Å². The predicted molar refractivity (Wildman–Crippen MR) is 102 cm³/mol. The van der Waals surface area contributed by atoms with E-state index in [4.69, 9.17) is 4.74 Å². The lowest BCUT2D eigenvalue weighted by atomic mass is 9.84. The van der Waals surface area contributed by atoms with Crippen LogP contribution in [0.4, 0.5) is 11.4 Å². The fraction of sp³-hybridized carbons (Fsp3) is 0.350. The Morgan fingerprint density at radius 1 is 1.22 bits per heavy atom. The van der Waals surface area contributed by atoms with E-state index in [-0.39, 0.29) is 11.8 Å². The lowest BCUT2D eigenvalue weighted by Gasteiger charge is -2.44. The number of likely N-dealkylation sites (tertiary alicyclic amines) is 1. The topological polar surface area (TPSA) is 83.6 Å². The van der Waals surface area contributed by atoms with Crippen molar-refractivity contribution >= 4 is 23.2 Å². The zero-order chi connectivity index (χ0) is 19.0. The van der Waals surface area contributed by atoms with Crippen molar-refractivity contribution in [3.8, 4) is 5.75 Å². The van der Waals surface area contributed by atoms with Gasteiger partial charge in [-0.2, -0.15) is 0 Å². The van der Waals surface area contributed by atoms with E-state index in [2.05, 4.69) is 15.6 Å². The Balaban J connectivity index is 1.52. The van der Waals surface area contributed by atoms with Gasteiger partial charge in [-0.15, -0.1) is 0 Å². The molecule has 4 rings (SSSR count). The first-order valence-electron chi connectivity index (χ1n) is 9.01. The third kappa shape index (κ3) is 2.99. The molecule has 2 aromatic rings. The summed E-state index contributed by atoms with van der Waals surface area (Å²) in [5.74, 6) is 0.336. The molecule has 1 aromatic heterocycles. The molecule has 140 valence electrons. The molecule has 1 aromatic carbocycles. The maximum absolute atomic E-state index is 13.0. The maximum atomic E-state index is 13.0. The van der Waals surface area contributed by atoms with Crippen molar-refractivity contribution < 1.29 is 14.3 Å². The molecule has 3 heterocycles. The fourth-order valence-electron chi connectivity index (χ4n) is 3.75. The zero-order valence-electron chi connectivity index (χ0n) is 15.4. The number of piperidine rings is 1. The minimum Gasteiger partial charge on any atom is -0.494 e. The van der Waals surface area contributed by atoms with Gasteiger partial charge in [0.05, 0.1) is 30.2 Å². The number of hydrogen-bond acceptors (Lipinski definition) is 5. The molecule has 0 atom stereocenters. The third-order valence-corrected chi connectivity index (χ3v) is 5.34. The van der Waals surface area contributed by atoms with E-state index in [9.17, 15) is 9.59 Å². The summed E-state index contributed by atoms with van der Waals surface area (Å²) in [5.41, 5.74) is 2.31. The van der Waals surface area contributed by atoms with Crippen molar-refractivity contribution in [2.45, 2.75) is 25.3 Å². The molecule has 0 radical (unpaired) electrons. The SMILES string of the molecule is COc1cnc(C)cc1C(=O)N1CCC2(CC1)Nc1ccccc1NC2=O. The molecule has 7 heteroatoms. The van der Waals surface area contributed by atoms with Crippen LogP contribution in [0.3, 0.4) is 0 Å². The number of fused-ring (bicyclic) bond motifs is 1. The highest BCUT2D eigenvalue weighted by Gasteiger charge is 2.45. The zero-order valence-corrected chi connectivity index (χ0v) is 15.4. The lowest BCUT2D eigenvalue weighted by Crippen LogP contribution is -2.59. The van der Waals surface area contributed by atoms with Crippen LogP contribution in [0, 0.1) is 6.92 Å². The normalized spacial score (nSPS) is 17.7. The third-order valence-electron chi connectivity index (χ3n) is 5.34. The largest absolute Gasteiger partial charge is 0.494 e. The van der Waals surface area contributed by atoms with Gasteiger partial charge in [-0.3, -0.25) is 14.6 Å². The van der Waals surface area contributed by atoms with Crippen LogP contribution in [-0.2, 0) is 4.79 Å². The Morgan fingerprint density at radius 2 is 1.93 bits per heavy atom. The molecule has 2 amide bonds. The van der Waals surface area contributed by atoms with E-state index < -0.39 is 5.54 Å². The van der Waals surface area contributed by atoms with E-state index in [1.807, 2.05) is 31.2 Å². The van der Waals surface area contributed by atoms with Gasteiger partial charge in [-0.1, -0.05) is 12.1 Å². The minimum atomic E-state index is -0.677. The first kappa shape index (κ1) is 17.3. The Bertz CT molecular complexity index is 904. The van der Waals surface area contributed by atoms with Crippen molar-refractivity contribution in [1.82, 2.24) is 9.88 Å². The molecule has 2 aliphatic rings. The number of rotatable bonds is 2. The number of aromatic nitrogens is 1. The van der Waals surface area contributed by atoms with E-state index in [0.717, 1.165) is 17.1 Å². The molecule has 0 aliphatic carbocycles. The Hall–Kier alpha value is -3.09. The van der Waals surface area contributed by atoms with Crippen LogP contribution in [0.25, 0.3) is 0 Å². The van der Waals surface area contributed by atoms with Crippen molar-refractivity contribution in [1.29, 1.82) is 0 Å². The van der Waals surface area contributed by atoms with Gasteiger partial charge in [0.25, 0.3) is 5.91 Å². The standard InChI is InChI=1S/C20H22N4O3/c1-13-11-14(17(27-2)12-21-13)18(25)24-9-7-20(8-10-24)19(26)22-15-5-3-4-6-16(15)23-20/h3-6,11-12,23H,7-10H2,1-2H3,(H,22,26). The summed E-state index contributed by atoms with van der Waals surface area (Å²) >= 11 is 0. The Kier molecular flexibility index (Phi) is 4.22. The van der Waals surface area contributed by atoms with Crippen LogP contribution < -0.4 is 15.4 Å². The number of amides is 2. The average molecular weight is 366 g/mol. The highest BCUT2D eigenvalue weighted by Crippen LogP contribution is 2.36. The number of hydrogen-bond donors (Lipinski definition) is 2. The molecule has 0 unspecified atom stereocenters. The van der Waals surface area contributed by atoms with Crippen LogP contribution in [0.5, 0.6) is 5.75 Å². The molecule has 1 fully saturated rings. The van der Waals surface area contributed by atoms with Crippen molar-refractivity contribution in [2.24, 2.45) is 0 Å². The number of aryl methyl sites for hydroxylation is 1. The van der Waals surface area contributed by atoms with Gasteiger partial charge >= 0.3 is 0 Å². The van der Waals surface area contributed by atoms with Crippen LogP contribution in [0.2, 0.25) is 0 Å². The van der Waals surface area contributed by atoms with Gasteiger partial charge in [0.1, 0.15) is 11.3 Å². The maximum Gasteiger partial charge on any atom is 0.257 e. The number of anilines is 2. The number of pyridine rings is 1. The number of carbonyl (C=O) groups is 2. The van der Waals surface area contributed by atoms with E-state index >= 15 is 0 Å². The number of para-hydroxylation sites is 2. The second-order valence-electron chi connectivity index (χ2n) is 7.02. The van der Waals surface area contributed by atoms with Gasteiger partial charge in [-0.25, -0.2) is 0 Å². The average Bonchev–Trinajstić information content (AvgIpc) is 2.69. The molecule has 1 spiro atoms. The number of methoxy groups -OCH3 is 1. The smallest absolute Gasteiger partial charge is 0.257 e. The number of nitrogens with zero attached hydrogens (tertiary/aromatic N) is 2. The first-order chi connectivity index (χ1) is 13.0. The first-order valence-corrected chi connectivity index (χ1v) is 9.01. The number of ether oxygens (including phenoxy) is 1. The number of carbonyl (C=O) groups excluding carboxylic acids is 2. The second kappa shape index (κ2) is 6.57. The summed E-state index contributed by atoms with van der Waals surface area (Å²) in [6, 6.07) is 9.41. The minimum absolute atomic E-state index is 0.0364. The molecule has 7 nitrogen and oxygen atoms in total. The van der Waals surface area contributed by atoms with Gasteiger partial charge in [0, 0.05) is 18.8 Å². The summed E-state index contributed by atoms with van der Waals surface area (Å²) in [6.07, 6.45) is 2.66. The van der Waals surface area contributed by atoms with Crippen molar-refractivity contribution in [3.05, 3.63) is 47.8 Å². The molecule has 0 saturated carbocycles. The van der Waals surface area contributed by atoms with E-state index in [0.29, 0.717) is 37.2 Å². The number of nitrogens with one attached hydrogen (secondary N) is 2. The second-order valence-corrected chi connectivity index (χ2v) is 7.02. The van der Waals surface area contributed by atoms with Gasteiger partial charge in [0.2, 0.25) is 5.91 Å². The van der Waals surface area contributed by atoms with Crippen LogP contribution in [0.15, 0.2) is 36.5 Å². The van der Waals surface area contributed by atoms with Crippen molar-refractivity contribution in [2.75, 3.05) is 30.8 Å². The van der Waals surface area contributed by atoms with Crippen LogP contribution in [0.1, 0.15) is 28.9 Å². The molecule has 2 aliphatic heterocycles. The molecular weight excluding hydrogens is 344 g/mol. The fourth-order valence-corrected chi connectivity index (χ4v) is 3.75.